The Morgan fingerprint density at radius 3 is 1.31 bits per heavy atom. The number of nitrogens with zero attached hydrogens (tertiary/aromatic N) is 3. The molecule has 1 aromatic heterocycles. The van der Waals surface area contributed by atoms with Gasteiger partial charge >= 0.3 is 73.1 Å². The number of carboxylic acids is 2. The number of nitro groups is 1. The summed E-state index contributed by atoms with van der Waals surface area (Å²) in [6.45, 7) is 8.74. The van der Waals surface area contributed by atoms with Crippen LogP contribution in [-0.2, 0) is 163 Å². The number of hydrogen-bond donors (Lipinski definition) is 16. The first-order valence-electron chi connectivity index (χ1n) is 43.9. The second kappa shape index (κ2) is 58.1. The van der Waals surface area contributed by atoms with Crippen LogP contribution >= 0.6 is 7.75 Å². The van der Waals surface area contributed by atoms with Crippen LogP contribution in [0.4, 0.5) is 17.1 Å². The van der Waals surface area contributed by atoms with Crippen LogP contribution in [0.5, 0.6) is 0 Å². The van der Waals surface area contributed by atoms with E-state index in [4.69, 9.17) is 82.0 Å². The summed E-state index contributed by atoms with van der Waals surface area (Å²) in [6.07, 6.45) is -16.9. The molecule has 2 aliphatic heterocycles. The number of hydrogen-bond acceptors (Lipinski definition) is 43. The number of fused-ring (bicyclic) bond motifs is 1. The standard InChI is InChI=1S/C83H122N15O40P/c1-40(2)64(81(119)120)94-78(116)56(20-14-16-30-86-54-25-27-60(98(121)122)66-65(54)95-138-96-66)91-80(118)59(37-100)93-77(115)55(19-13-15-29-84)90-79(117)58(36-99)92-74(112)42(4)88-76(114)57(26-28-63(109)110)89-73(111)41(3)87-75(113)53(85)35-51-21-23-52(24-22-51)97-139(123,128-33-17-31-124-82-71(134-49(11)107)69(132-47(9)105)67(130-45(7)103)61(136-82)38-126-43(5)101)129-34-18-32-125-83-72(135-50(12)108)70(133-48(10)106)68(131-46(8)104)62(137-83)39-127-44(6)102/h21-25,27,40-42,53,55-59,61-62,64,67-72,82-83,86,99-100H,13-20,26,28-39,84-85H2,1-12H3,(H,87,113)(H,88,114)(H,89,111)(H,90,117)(H,91,118)(H,92,112)(H,93,115)(H,94,116)(H,97,123)(H,109,110)(H,119,120)/t41-,42-,53-,55-,56-,57-,58-,59-,61+,62+,64-,67-,68-,69-,70-,71+,72+,82+,83+/m0/s1. The third-order valence-corrected chi connectivity index (χ3v) is 21.8. The van der Waals surface area contributed by atoms with Crippen LogP contribution in [0.3, 0.4) is 0 Å². The van der Waals surface area contributed by atoms with Crippen LogP contribution in [0.2, 0.25) is 0 Å². The van der Waals surface area contributed by atoms with Crippen molar-refractivity contribution in [2.24, 2.45) is 17.4 Å². The van der Waals surface area contributed by atoms with Crippen molar-refractivity contribution in [3.8, 4) is 0 Å². The zero-order chi connectivity index (χ0) is 104. The predicted octanol–water partition coefficient (Wildman–Crippen LogP) is -2.55. The summed E-state index contributed by atoms with van der Waals surface area (Å²) in [5.74, 6) is -19.2. The molecule has 2 saturated heterocycles. The van der Waals surface area contributed by atoms with E-state index in [2.05, 4.69) is 63.3 Å². The van der Waals surface area contributed by atoms with Crippen LogP contribution < -0.4 is 64.4 Å². The molecular formula is C83H122N15O40P. The Morgan fingerprint density at radius 2 is 0.878 bits per heavy atom. The molecule has 19 atom stereocenters. The molecule has 8 amide bonds. The fourth-order valence-corrected chi connectivity index (χ4v) is 15.0. The Balaban J connectivity index is 1.25. The van der Waals surface area contributed by atoms with Gasteiger partial charge in [-0.1, -0.05) is 26.0 Å². The highest BCUT2D eigenvalue weighted by Crippen LogP contribution is 2.48. The van der Waals surface area contributed by atoms with E-state index in [9.17, 15) is 121 Å². The molecule has 0 bridgehead atoms. The van der Waals surface area contributed by atoms with Crippen molar-refractivity contribution in [2.75, 3.05) is 76.3 Å². The summed E-state index contributed by atoms with van der Waals surface area (Å²) < 4.78 is 98.2. The number of carboxylic acid groups (broad SMARTS) is 2. The van der Waals surface area contributed by atoms with Crippen LogP contribution in [0.15, 0.2) is 41.0 Å². The number of amides is 8. The quantitative estimate of drug-likeness (QED) is 0.00691. The Morgan fingerprint density at radius 1 is 0.475 bits per heavy atom. The average molecular weight is 2000 g/mol. The minimum atomic E-state index is -4.61. The summed E-state index contributed by atoms with van der Waals surface area (Å²) in [4.78, 5) is 244. The molecule has 0 aliphatic carbocycles. The molecule has 3 heterocycles. The minimum Gasteiger partial charge on any atom is -0.481 e. The zero-order valence-electron chi connectivity index (χ0n) is 78.3. The number of anilines is 2. The molecule has 0 radical (unpaired) electrons. The third kappa shape index (κ3) is 39.5. The maximum absolute atomic E-state index is 14.9. The number of nitrogens with two attached hydrogens (primary N) is 2. The van der Waals surface area contributed by atoms with Gasteiger partial charge in [0.05, 0.1) is 56.3 Å². The van der Waals surface area contributed by atoms with E-state index in [0.717, 1.165) is 62.3 Å². The number of esters is 8. The highest BCUT2D eigenvalue weighted by molar-refractivity contribution is 7.55. The van der Waals surface area contributed by atoms with Gasteiger partial charge in [0, 0.05) is 80.1 Å². The van der Waals surface area contributed by atoms with Crippen LogP contribution in [-0.4, -0.2) is 324 Å². The van der Waals surface area contributed by atoms with Crippen LogP contribution in [0, 0.1) is 16.0 Å². The summed E-state index contributed by atoms with van der Waals surface area (Å²) in [6, 6.07) is -6.36. The predicted molar refractivity (Wildman–Crippen MR) is 470 cm³/mol. The Kier molecular flexibility index (Phi) is 48.8. The number of aromatic nitrogens is 2. The number of nitrogens with one attached hydrogen (secondary N) is 10. The monoisotopic (exact) mass is 2000 g/mol. The second-order valence-electron chi connectivity index (χ2n) is 32.1. The van der Waals surface area contributed by atoms with Crippen LogP contribution in [0.1, 0.15) is 153 Å². The number of ether oxygens (including phenoxy) is 12. The van der Waals surface area contributed by atoms with E-state index in [1.165, 1.54) is 57.2 Å². The first-order chi connectivity index (χ1) is 65.6. The summed E-state index contributed by atoms with van der Waals surface area (Å²) >= 11 is 0. The number of benzene rings is 2. The Bertz CT molecular complexity index is 4670. The highest BCUT2D eigenvalue weighted by Gasteiger charge is 2.55. The lowest BCUT2D eigenvalue weighted by molar-refractivity contribution is -0.383. The molecule has 55 nitrogen and oxygen atoms in total. The van der Waals surface area contributed by atoms with Gasteiger partial charge in [-0.15, -0.1) is 0 Å². The van der Waals surface area contributed by atoms with Crippen molar-refractivity contribution in [2.45, 2.75) is 270 Å². The van der Waals surface area contributed by atoms with Crippen molar-refractivity contribution in [3.05, 3.63) is 52.1 Å². The molecule has 56 heteroatoms. The van der Waals surface area contributed by atoms with Crippen molar-refractivity contribution < 1.29 is 187 Å². The number of aliphatic hydroxyl groups is 2. The van der Waals surface area contributed by atoms with Gasteiger partial charge in [0.15, 0.2) is 54.7 Å². The zero-order valence-corrected chi connectivity index (χ0v) is 79.2. The molecule has 774 valence electrons. The van der Waals surface area contributed by atoms with Gasteiger partial charge < -0.3 is 137 Å². The minimum absolute atomic E-state index is 0.0492. The number of non-ortho nitro benzene ring substituents is 1. The molecule has 0 unspecified atom stereocenters. The lowest BCUT2D eigenvalue weighted by Gasteiger charge is -2.44. The first kappa shape index (κ1) is 117. The van der Waals surface area contributed by atoms with E-state index < -0.39 is 294 Å². The van der Waals surface area contributed by atoms with E-state index in [-0.39, 0.29) is 106 Å². The number of nitro benzene ring substituents is 1. The lowest BCUT2D eigenvalue weighted by atomic mass is 9.98. The number of unbranched alkanes of at least 4 members (excludes halogenated alkanes) is 2. The summed E-state index contributed by atoms with van der Waals surface area (Å²) in [5, 5.41) is 83.6. The van der Waals surface area contributed by atoms with E-state index >= 15 is 0 Å². The normalized spacial score (nSPS) is 20.1. The molecule has 139 heavy (non-hydrogen) atoms. The van der Waals surface area contributed by atoms with E-state index in [1.807, 2.05) is 0 Å². The SMILES string of the molecule is CC(=O)OC[C@H]1O[C@@H](OCCCOP(=O)(Nc2ccc(C[C@H](N)C(=O)N[C@@H](C)C(=O)N[C@@H](CCC(=O)O)C(=O)N[C@@H](C)C(=O)N[C@@H](CO)C(=O)N[C@@H](CCCCN)C(=O)N[C@@H](CO)C(=O)N[C@@H](CCCCNc3ccc([N+](=O)[O-])c4nonc34)C(=O)N[C@H](C(=O)O)C(C)C)cc2)OCCCO[C@@H]2O[C@H](COC(C)=O)[C@H](OC(C)=O)[C@H](OC(C)=O)[C@H]2OC(C)=O)[C@H](OC(C)=O)[C@@H](OC(C)=O)[C@H]1OC(C)=O. The number of carbonyl (C=O) groups excluding carboxylic acids is 16. The van der Waals surface area contributed by atoms with E-state index in [0.29, 0.717) is 11.3 Å². The summed E-state index contributed by atoms with van der Waals surface area (Å²) in [7, 11) is -4.61. The largest absolute Gasteiger partial charge is 0.481 e. The molecule has 2 aliphatic rings. The molecule has 0 saturated carbocycles. The second-order valence-corrected chi connectivity index (χ2v) is 33.8. The molecule has 2 aromatic carbocycles. The molecule has 0 spiro atoms. The van der Waals surface area contributed by atoms with Gasteiger partial charge in [-0.3, -0.25) is 106 Å². The summed E-state index contributed by atoms with van der Waals surface area (Å²) in [5.41, 5.74) is 12.3. The lowest BCUT2D eigenvalue weighted by Crippen LogP contribution is -2.63. The average Bonchev–Trinajstić information content (AvgIpc) is 1.46. The topological polar surface area (TPSA) is 789 Å². The van der Waals surface area contributed by atoms with E-state index in [1.54, 1.807) is 0 Å². The van der Waals surface area contributed by atoms with Crippen molar-refractivity contribution in [3.63, 3.8) is 0 Å². The van der Waals surface area contributed by atoms with Gasteiger partial charge in [-0.05, 0) is 125 Å². The van der Waals surface area contributed by atoms with Gasteiger partial charge in [0.2, 0.25) is 52.8 Å². The maximum Gasteiger partial charge on any atom is 0.432 e. The van der Waals surface area contributed by atoms with Crippen molar-refractivity contribution in [1.82, 2.24) is 52.8 Å². The molecular weight excluding hydrogens is 1880 g/mol. The van der Waals surface area contributed by atoms with Crippen molar-refractivity contribution >= 4 is 143 Å². The van der Waals surface area contributed by atoms with Crippen LogP contribution in [0.25, 0.3) is 11.0 Å². The highest BCUT2D eigenvalue weighted by atomic mass is 31.2. The Labute approximate surface area is 794 Å². The molecule has 2 fully saturated rings. The first-order valence-corrected chi connectivity index (χ1v) is 45.4. The molecule has 3 aromatic rings. The van der Waals surface area contributed by atoms with Gasteiger partial charge in [0.1, 0.15) is 73.8 Å². The fraction of sp³-hybridized carbons (Fsp3) is 0.639. The smallest absolute Gasteiger partial charge is 0.432 e. The van der Waals surface area contributed by atoms with Gasteiger partial charge in [-0.25, -0.2) is 14.0 Å². The molecule has 18 N–H and O–H groups in total. The third-order valence-electron chi connectivity index (χ3n) is 20.3. The Hall–Kier alpha value is -12.9. The number of aliphatic carboxylic acids is 2. The molecule has 5 rings (SSSR count). The maximum atomic E-state index is 14.9. The fourth-order valence-electron chi connectivity index (χ4n) is 13.6. The van der Waals surface area contributed by atoms with Gasteiger partial charge in [0.25, 0.3) is 0 Å². The number of carbonyl (C=O) groups is 18. The number of aliphatic hydroxyl groups excluding tert-OH is 2. The van der Waals surface area contributed by atoms with Gasteiger partial charge in [-0.2, -0.15) is 0 Å². The van der Waals surface area contributed by atoms with Crippen molar-refractivity contribution in [1.29, 1.82) is 0 Å². The number of rotatable bonds is 60.